The Morgan fingerprint density at radius 1 is 1.07 bits per heavy atom. The number of benzene rings is 3. The van der Waals surface area contributed by atoms with E-state index in [4.69, 9.17) is 20.8 Å². The van der Waals surface area contributed by atoms with Crippen LogP contribution in [0.3, 0.4) is 0 Å². The van der Waals surface area contributed by atoms with E-state index in [0.717, 1.165) is 10.0 Å². The van der Waals surface area contributed by atoms with Gasteiger partial charge in [0.15, 0.2) is 11.8 Å². The smallest absolute Gasteiger partial charge is 0.267 e. The van der Waals surface area contributed by atoms with Crippen molar-refractivity contribution >= 4 is 74.3 Å². The number of hydrogen-bond acceptors (Lipinski definition) is 7. The molecule has 5 rings (SSSR count). The van der Waals surface area contributed by atoms with Crippen molar-refractivity contribution in [3.05, 3.63) is 122 Å². The molecule has 2 heterocycles. The van der Waals surface area contributed by atoms with Crippen LogP contribution in [0.1, 0.15) is 16.9 Å². The van der Waals surface area contributed by atoms with E-state index in [2.05, 4.69) is 31.4 Å². The summed E-state index contributed by atoms with van der Waals surface area (Å²) in [6.45, 7) is -0.0179. The first-order chi connectivity index (χ1) is 19.9. The normalized spacial score (nSPS) is 15.3. The fraction of sp³-hybridized carbons (Fsp3) is 0.0667. The van der Waals surface area contributed by atoms with Crippen LogP contribution >= 0.6 is 39.3 Å². The number of hydrogen-bond donors (Lipinski definition) is 1. The average molecular weight is 650 g/mol. The van der Waals surface area contributed by atoms with Gasteiger partial charge in [0.2, 0.25) is 0 Å². The third kappa shape index (κ3) is 7.75. The summed E-state index contributed by atoms with van der Waals surface area (Å²) < 4.78 is 12.2. The number of halogens is 2. The molecule has 0 atom stereocenters. The Balaban J connectivity index is 1.34. The molecule has 2 amide bonds. The Morgan fingerprint density at radius 3 is 2.68 bits per heavy atom. The number of carbonyl (C=O) groups excluding carboxylic acids is 2. The van der Waals surface area contributed by atoms with Crippen LogP contribution in [0.5, 0.6) is 5.75 Å². The molecule has 4 aromatic rings. The van der Waals surface area contributed by atoms with Gasteiger partial charge in [-0.15, -0.1) is 5.10 Å². The third-order valence-corrected chi connectivity index (χ3v) is 7.42. The van der Waals surface area contributed by atoms with E-state index in [1.807, 2.05) is 36.4 Å². The van der Waals surface area contributed by atoms with Crippen molar-refractivity contribution in [2.24, 2.45) is 10.2 Å². The first-order valence-electron chi connectivity index (χ1n) is 12.3. The Labute approximate surface area is 253 Å². The van der Waals surface area contributed by atoms with Crippen molar-refractivity contribution in [3.63, 3.8) is 0 Å². The molecule has 0 saturated carbocycles. The van der Waals surface area contributed by atoms with Crippen LogP contribution in [0.4, 0.5) is 5.69 Å². The maximum absolute atomic E-state index is 13.5. The fourth-order valence-electron chi connectivity index (χ4n) is 3.76. The molecule has 0 spiro atoms. The summed E-state index contributed by atoms with van der Waals surface area (Å²) >= 11 is 10.5. The first kappa shape index (κ1) is 28.4. The molecular weight excluding hydrogens is 628 g/mol. The Morgan fingerprint density at radius 2 is 1.90 bits per heavy atom. The van der Waals surface area contributed by atoms with Gasteiger partial charge in [0.05, 0.1) is 23.9 Å². The highest BCUT2D eigenvalue weighted by atomic mass is 79.9. The lowest BCUT2D eigenvalue weighted by atomic mass is 10.2. The molecule has 206 valence electrons. The topological polar surface area (TPSA) is 96.5 Å². The van der Waals surface area contributed by atoms with Crippen molar-refractivity contribution in [1.82, 2.24) is 4.90 Å². The number of ether oxygens (including phenoxy) is 1. The Kier molecular flexibility index (Phi) is 9.35. The Hall–Kier alpha value is -4.12. The number of thioether (sulfide) groups is 1. The molecular formula is C30H22BrClN4O4S. The van der Waals surface area contributed by atoms with E-state index in [9.17, 15) is 9.59 Å². The van der Waals surface area contributed by atoms with Gasteiger partial charge in [0.25, 0.3) is 11.8 Å². The molecule has 1 saturated heterocycles. The van der Waals surface area contributed by atoms with Crippen molar-refractivity contribution in [3.8, 4) is 5.75 Å². The number of anilines is 1. The van der Waals surface area contributed by atoms with Crippen molar-refractivity contribution in [1.29, 1.82) is 0 Å². The molecule has 0 radical (unpaired) electrons. The highest BCUT2D eigenvalue weighted by molar-refractivity contribution is 9.10. The Bertz CT molecular complexity index is 1640. The predicted molar refractivity (Wildman–Crippen MR) is 166 cm³/mol. The molecule has 8 nitrogen and oxygen atoms in total. The molecule has 11 heteroatoms. The van der Waals surface area contributed by atoms with E-state index in [0.29, 0.717) is 37.9 Å². The minimum atomic E-state index is -0.330. The molecule has 41 heavy (non-hydrogen) atoms. The maximum atomic E-state index is 13.5. The van der Waals surface area contributed by atoms with Crippen LogP contribution in [0, 0.1) is 0 Å². The zero-order valence-electron chi connectivity index (χ0n) is 21.4. The van der Waals surface area contributed by atoms with Crippen molar-refractivity contribution < 1.29 is 18.7 Å². The standard InChI is InChI=1S/C30H22BrClN4O4S/c31-22-7-3-5-20(15-22)17-33-35-30-36(18-25-8-4-14-39-25)29(38)27(41-30)16-21-6-1-2-9-26(21)40-19-28(37)34-24-12-10-23(32)11-13-24/h1-17H,18-19H2,(H,34,37)/b27-16-,33-17+,35-30-. The number of nitrogens with one attached hydrogen (secondary N) is 1. The van der Waals surface area contributed by atoms with Crippen LogP contribution in [-0.4, -0.2) is 34.7 Å². The maximum Gasteiger partial charge on any atom is 0.267 e. The van der Waals surface area contributed by atoms with Gasteiger partial charge in [-0.1, -0.05) is 57.9 Å². The van der Waals surface area contributed by atoms with Crippen LogP contribution in [0.25, 0.3) is 6.08 Å². The van der Waals surface area contributed by atoms with E-state index in [1.165, 1.54) is 16.7 Å². The first-order valence-corrected chi connectivity index (χ1v) is 14.3. The predicted octanol–water partition coefficient (Wildman–Crippen LogP) is 7.22. The molecule has 1 aromatic heterocycles. The lowest BCUT2D eigenvalue weighted by Gasteiger charge is -2.12. The summed E-state index contributed by atoms with van der Waals surface area (Å²) in [7, 11) is 0. The number of rotatable bonds is 9. The van der Waals surface area contributed by atoms with Gasteiger partial charge in [-0.25, -0.2) is 0 Å². The SMILES string of the molecule is O=C(COc1ccccc1/C=C1\S/C(=N\N=C\c2cccc(Br)c2)N(Cc2ccco2)C1=O)Nc1ccc(Cl)cc1. The number of amides is 2. The van der Waals surface area contributed by atoms with Gasteiger partial charge < -0.3 is 14.5 Å². The summed E-state index contributed by atoms with van der Waals surface area (Å²) in [6.07, 6.45) is 4.89. The lowest BCUT2D eigenvalue weighted by Crippen LogP contribution is -2.28. The summed E-state index contributed by atoms with van der Waals surface area (Å²) in [5, 5.41) is 12.3. The number of furan rings is 1. The van der Waals surface area contributed by atoms with Crippen LogP contribution in [-0.2, 0) is 16.1 Å². The molecule has 1 N–H and O–H groups in total. The van der Waals surface area contributed by atoms with E-state index in [1.54, 1.807) is 67.1 Å². The van der Waals surface area contributed by atoms with Crippen LogP contribution in [0.15, 0.2) is 115 Å². The van der Waals surface area contributed by atoms with Gasteiger partial charge in [-0.2, -0.15) is 5.10 Å². The highest BCUT2D eigenvalue weighted by Gasteiger charge is 2.34. The molecule has 0 bridgehead atoms. The minimum absolute atomic E-state index is 0.199. The number of para-hydroxylation sites is 1. The number of amidine groups is 1. The van der Waals surface area contributed by atoms with E-state index >= 15 is 0 Å². The summed E-state index contributed by atoms with van der Waals surface area (Å²) in [4.78, 5) is 27.9. The molecule has 1 fully saturated rings. The monoisotopic (exact) mass is 648 g/mol. The average Bonchev–Trinajstić information content (AvgIpc) is 3.58. The van der Waals surface area contributed by atoms with Crippen molar-refractivity contribution in [2.75, 3.05) is 11.9 Å². The van der Waals surface area contributed by atoms with Gasteiger partial charge >= 0.3 is 0 Å². The fourth-order valence-corrected chi connectivity index (χ4v) is 5.23. The third-order valence-electron chi connectivity index (χ3n) is 5.67. The van der Waals surface area contributed by atoms with Gasteiger partial charge in [-0.05, 0) is 78.0 Å². The highest BCUT2D eigenvalue weighted by Crippen LogP contribution is 2.35. The quantitative estimate of drug-likeness (QED) is 0.117. The summed E-state index contributed by atoms with van der Waals surface area (Å²) in [5.74, 6) is 0.483. The molecule has 3 aromatic carbocycles. The zero-order valence-corrected chi connectivity index (χ0v) is 24.5. The molecule has 0 unspecified atom stereocenters. The van der Waals surface area contributed by atoms with Gasteiger partial charge in [0, 0.05) is 20.7 Å². The summed E-state index contributed by atoms with van der Waals surface area (Å²) in [5.41, 5.74) is 2.11. The number of nitrogens with zero attached hydrogens (tertiary/aromatic N) is 3. The lowest BCUT2D eigenvalue weighted by molar-refractivity contribution is -0.122. The molecule has 0 aliphatic carbocycles. The summed E-state index contributed by atoms with van der Waals surface area (Å²) in [6, 6.07) is 25.2. The second kappa shape index (κ2) is 13.5. The zero-order chi connectivity index (χ0) is 28.6. The second-order valence-electron chi connectivity index (χ2n) is 8.65. The second-order valence-corrected chi connectivity index (χ2v) is 11.0. The molecule has 1 aliphatic rings. The van der Waals surface area contributed by atoms with E-state index < -0.39 is 0 Å². The van der Waals surface area contributed by atoms with Crippen LogP contribution < -0.4 is 10.1 Å². The largest absolute Gasteiger partial charge is 0.483 e. The molecule has 1 aliphatic heterocycles. The number of carbonyl (C=O) groups is 2. The van der Waals surface area contributed by atoms with Gasteiger partial charge in [-0.3, -0.25) is 14.5 Å². The van der Waals surface area contributed by atoms with Gasteiger partial charge in [0.1, 0.15) is 11.5 Å². The van der Waals surface area contributed by atoms with Crippen molar-refractivity contribution in [2.45, 2.75) is 6.54 Å². The van der Waals surface area contributed by atoms with E-state index in [-0.39, 0.29) is 25.0 Å². The van der Waals surface area contributed by atoms with Crippen LogP contribution in [0.2, 0.25) is 5.02 Å². The minimum Gasteiger partial charge on any atom is -0.483 e.